The van der Waals surface area contributed by atoms with Crippen molar-refractivity contribution < 1.29 is 9.18 Å². The van der Waals surface area contributed by atoms with Crippen molar-refractivity contribution in [2.24, 2.45) is 0 Å². The third-order valence-corrected chi connectivity index (χ3v) is 4.63. The molecule has 8 nitrogen and oxygen atoms in total. The standard InChI is InChI=1S/C18H16ClFN6O2/c1-2-3-6-21-18(28)26-16-11(9-23-26)15-12(8-22-16)17(27)25(24-15)14-5-4-10(19)7-13(14)20/h4-5,7-9,22H,2-3,6H2,1H3,(H,21,28). The van der Waals surface area contributed by atoms with Gasteiger partial charge in [-0.05, 0) is 24.6 Å². The summed E-state index contributed by atoms with van der Waals surface area (Å²) in [6.07, 6.45) is 4.70. The highest BCUT2D eigenvalue weighted by Crippen LogP contribution is 2.26. The van der Waals surface area contributed by atoms with E-state index in [-0.39, 0.29) is 22.3 Å². The summed E-state index contributed by atoms with van der Waals surface area (Å²) in [7, 11) is 0. The fraction of sp³-hybridized carbons (Fsp3) is 0.222. The van der Waals surface area contributed by atoms with E-state index >= 15 is 0 Å². The molecule has 0 radical (unpaired) electrons. The highest BCUT2D eigenvalue weighted by molar-refractivity contribution is 6.30. The molecule has 2 N–H and O–H groups in total. The minimum Gasteiger partial charge on any atom is -0.345 e. The molecule has 0 saturated carbocycles. The zero-order valence-corrected chi connectivity index (χ0v) is 15.6. The van der Waals surface area contributed by atoms with Crippen LogP contribution in [0.4, 0.5) is 9.18 Å². The summed E-state index contributed by atoms with van der Waals surface area (Å²) in [5.41, 5.74) is 0.467. The first-order valence-corrected chi connectivity index (χ1v) is 9.11. The van der Waals surface area contributed by atoms with Crippen LogP contribution in [0.1, 0.15) is 19.8 Å². The number of benzene rings is 1. The second-order valence-corrected chi connectivity index (χ2v) is 6.70. The van der Waals surface area contributed by atoms with Crippen molar-refractivity contribution in [2.45, 2.75) is 19.8 Å². The van der Waals surface area contributed by atoms with Gasteiger partial charge in [-0.15, -0.1) is 0 Å². The van der Waals surface area contributed by atoms with Crippen molar-refractivity contribution in [1.82, 2.24) is 29.9 Å². The number of halogens is 2. The topological polar surface area (TPSA) is 97.6 Å². The van der Waals surface area contributed by atoms with Crippen LogP contribution < -0.4 is 10.9 Å². The minimum atomic E-state index is -0.663. The number of fused-ring (bicyclic) bond motifs is 3. The highest BCUT2D eigenvalue weighted by Gasteiger charge is 2.23. The van der Waals surface area contributed by atoms with Crippen molar-refractivity contribution in [1.29, 1.82) is 0 Å². The molecule has 0 atom stereocenters. The maximum Gasteiger partial charge on any atom is 0.344 e. The number of hydrogen-bond donors (Lipinski definition) is 2. The Hall–Kier alpha value is -3.20. The molecule has 0 unspecified atom stereocenters. The number of H-pyrrole nitrogens is 1. The van der Waals surface area contributed by atoms with Gasteiger partial charge in [-0.1, -0.05) is 24.9 Å². The molecular weight excluding hydrogens is 387 g/mol. The molecule has 0 aliphatic carbocycles. The number of amides is 1. The molecule has 1 amide bonds. The highest BCUT2D eigenvalue weighted by atomic mass is 35.5. The lowest BCUT2D eigenvalue weighted by Crippen LogP contribution is -2.30. The molecular formula is C18H16ClFN6O2. The fourth-order valence-corrected chi connectivity index (χ4v) is 3.12. The van der Waals surface area contributed by atoms with Crippen LogP contribution in [0.2, 0.25) is 5.02 Å². The lowest BCUT2D eigenvalue weighted by molar-refractivity contribution is 0.240. The zero-order valence-electron chi connectivity index (χ0n) is 14.9. The van der Waals surface area contributed by atoms with Gasteiger partial charge < -0.3 is 10.3 Å². The lowest BCUT2D eigenvalue weighted by atomic mass is 10.2. The second kappa shape index (κ2) is 7.08. The van der Waals surface area contributed by atoms with Crippen molar-refractivity contribution in [3.63, 3.8) is 0 Å². The number of aromatic amines is 1. The van der Waals surface area contributed by atoms with E-state index in [0.29, 0.717) is 23.3 Å². The summed E-state index contributed by atoms with van der Waals surface area (Å²) in [6, 6.07) is 3.59. The Morgan fingerprint density at radius 1 is 1.39 bits per heavy atom. The summed E-state index contributed by atoms with van der Waals surface area (Å²) in [4.78, 5) is 27.9. The predicted molar refractivity (Wildman–Crippen MR) is 103 cm³/mol. The smallest absolute Gasteiger partial charge is 0.344 e. The van der Waals surface area contributed by atoms with Crippen LogP contribution in [0.15, 0.2) is 35.4 Å². The van der Waals surface area contributed by atoms with Gasteiger partial charge >= 0.3 is 6.03 Å². The summed E-state index contributed by atoms with van der Waals surface area (Å²) >= 11 is 5.78. The van der Waals surface area contributed by atoms with Gasteiger partial charge in [0.05, 0.1) is 17.1 Å². The molecule has 2 aromatic rings. The van der Waals surface area contributed by atoms with Crippen LogP contribution in [-0.2, 0) is 0 Å². The Morgan fingerprint density at radius 3 is 2.96 bits per heavy atom. The maximum absolute atomic E-state index is 14.3. The Balaban J connectivity index is 1.82. The van der Waals surface area contributed by atoms with Crippen LogP contribution in [0, 0.1) is 5.82 Å². The van der Waals surface area contributed by atoms with Gasteiger partial charge in [0.2, 0.25) is 0 Å². The number of nitrogens with one attached hydrogen (secondary N) is 2. The van der Waals surface area contributed by atoms with Gasteiger partial charge in [0.1, 0.15) is 22.8 Å². The molecule has 2 aliphatic rings. The number of aromatic nitrogens is 5. The summed E-state index contributed by atoms with van der Waals surface area (Å²) in [6.45, 7) is 2.56. The average molecular weight is 403 g/mol. The Morgan fingerprint density at radius 2 is 2.21 bits per heavy atom. The number of carbonyl (C=O) groups excluding carboxylic acids is 1. The molecule has 1 aromatic carbocycles. The second-order valence-electron chi connectivity index (χ2n) is 6.27. The summed E-state index contributed by atoms with van der Waals surface area (Å²) in [5.74, 6) is -0.663. The quantitative estimate of drug-likeness (QED) is 0.512. The van der Waals surface area contributed by atoms with Crippen molar-refractivity contribution >= 4 is 28.7 Å². The number of rotatable bonds is 4. The van der Waals surface area contributed by atoms with Gasteiger partial charge in [-0.3, -0.25) is 4.79 Å². The van der Waals surface area contributed by atoms with E-state index in [9.17, 15) is 14.0 Å². The number of hydrogen-bond acceptors (Lipinski definition) is 4. The largest absolute Gasteiger partial charge is 0.345 e. The molecule has 3 heterocycles. The van der Waals surface area contributed by atoms with Crippen LogP contribution in [0.3, 0.4) is 0 Å². The Labute approximate surface area is 163 Å². The van der Waals surface area contributed by atoms with E-state index in [1.165, 1.54) is 29.2 Å². The predicted octanol–water partition coefficient (Wildman–Crippen LogP) is 3.17. The maximum atomic E-state index is 14.3. The van der Waals surface area contributed by atoms with Gasteiger partial charge in [-0.2, -0.15) is 19.6 Å². The molecule has 28 heavy (non-hydrogen) atoms. The van der Waals surface area contributed by atoms with Crippen LogP contribution >= 0.6 is 11.6 Å². The van der Waals surface area contributed by atoms with Crippen LogP contribution in [0.5, 0.6) is 0 Å². The third-order valence-electron chi connectivity index (χ3n) is 4.39. The molecule has 0 bridgehead atoms. The summed E-state index contributed by atoms with van der Waals surface area (Å²) < 4.78 is 16.4. The van der Waals surface area contributed by atoms with Gasteiger partial charge in [0.25, 0.3) is 5.56 Å². The first-order valence-electron chi connectivity index (χ1n) is 8.73. The third kappa shape index (κ3) is 2.93. The molecule has 1 aromatic heterocycles. The molecule has 0 saturated heterocycles. The van der Waals surface area contributed by atoms with Crippen LogP contribution in [-0.4, -0.2) is 37.1 Å². The molecule has 0 fully saturated rings. The SMILES string of the molecule is CCCCNC(=O)n1ncc2c3nn(-c4ccc(Cl)cc4F)c(=O)c-3c[nH]c21. The monoisotopic (exact) mass is 402 g/mol. The van der Waals surface area contributed by atoms with Crippen molar-refractivity contribution in [3.05, 3.63) is 51.8 Å². The molecule has 4 rings (SSSR count). The summed E-state index contributed by atoms with van der Waals surface area (Å²) in [5, 5.41) is 11.8. The zero-order chi connectivity index (χ0) is 19.8. The molecule has 2 aliphatic heterocycles. The molecule has 0 spiro atoms. The average Bonchev–Trinajstić information content (AvgIpc) is 3.24. The van der Waals surface area contributed by atoms with E-state index in [1.54, 1.807) is 0 Å². The Kier molecular flexibility index (Phi) is 4.60. The Bertz CT molecular complexity index is 1210. The fourth-order valence-electron chi connectivity index (χ4n) is 2.96. The normalized spacial score (nSPS) is 11.4. The first kappa shape index (κ1) is 18.2. The number of nitrogens with zero attached hydrogens (tertiary/aromatic N) is 4. The number of pyridine rings is 1. The van der Waals surface area contributed by atoms with Crippen LogP contribution in [0.25, 0.3) is 28.0 Å². The minimum absolute atomic E-state index is 0.0107. The van der Waals surface area contributed by atoms with Crippen molar-refractivity contribution in [3.8, 4) is 16.9 Å². The van der Waals surface area contributed by atoms with Gasteiger partial charge in [0.15, 0.2) is 0 Å². The van der Waals surface area contributed by atoms with Crippen molar-refractivity contribution in [2.75, 3.05) is 6.54 Å². The van der Waals surface area contributed by atoms with E-state index in [4.69, 9.17) is 11.6 Å². The lowest BCUT2D eigenvalue weighted by Gasteiger charge is -2.05. The van der Waals surface area contributed by atoms with Gasteiger partial charge in [0, 0.05) is 17.8 Å². The molecule has 10 heteroatoms. The first-order chi connectivity index (χ1) is 13.5. The van der Waals surface area contributed by atoms with Gasteiger partial charge in [-0.25, -0.2) is 9.18 Å². The number of unbranched alkanes of at least 4 members (excludes halogenated alkanes) is 1. The van der Waals surface area contributed by atoms with E-state index in [2.05, 4.69) is 20.5 Å². The van der Waals surface area contributed by atoms with E-state index in [1.807, 2.05) is 6.92 Å². The van der Waals surface area contributed by atoms with E-state index in [0.717, 1.165) is 23.6 Å². The van der Waals surface area contributed by atoms with E-state index < -0.39 is 11.4 Å². The number of carbonyl (C=O) groups is 1. The molecule has 144 valence electrons.